The van der Waals surface area contributed by atoms with Crippen molar-refractivity contribution in [3.8, 4) is 11.5 Å². The molecule has 0 fully saturated rings. The molecule has 3 rings (SSSR count). The van der Waals surface area contributed by atoms with Crippen LogP contribution >= 0.6 is 27.7 Å². The third kappa shape index (κ3) is 3.59. The number of benzene rings is 2. The predicted octanol–water partition coefficient (Wildman–Crippen LogP) is 5.41. The van der Waals surface area contributed by atoms with Crippen molar-refractivity contribution in [3.05, 3.63) is 64.0 Å². The second kappa shape index (κ2) is 6.67. The minimum absolute atomic E-state index is 0.559. The third-order valence-corrected chi connectivity index (χ3v) is 4.93. The summed E-state index contributed by atoms with van der Waals surface area (Å²) in [5.41, 5.74) is 3.48. The van der Waals surface area contributed by atoms with Gasteiger partial charge in [-0.25, -0.2) is 0 Å². The van der Waals surface area contributed by atoms with Crippen LogP contribution in [0.5, 0.6) is 0 Å². The molecule has 22 heavy (non-hydrogen) atoms. The molecule has 1 heterocycles. The molecule has 2 aromatic carbocycles. The smallest absolute Gasteiger partial charge is 0.247 e. The number of nitrogens with zero attached hydrogens (tertiary/aromatic N) is 2. The van der Waals surface area contributed by atoms with E-state index in [2.05, 4.69) is 58.2 Å². The van der Waals surface area contributed by atoms with E-state index < -0.39 is 0 Å². The van der Waals surface area contributed by atoms with E-state index in [-0.39, 0.29) is 0 Å². The van der Waals surface area contributed by atoms with Crippen molar-refractivity contribution in [1.82, 2.24) is 10.2 Å². The van der Waals surface area contributed by atoms with Crippen LogP contribution in [0.2, 0.25) is 0 Å². The first-order valence-electron chi connectivity index (χ1n) is 6.90. The lowest BCUT2D eigenvalue weighted by Gasteiger charge is -2.04. The van der Waals surface area contributed by atoms with Gasteiger partial charge in [-0.15, -0.1) is 22.0 Å². The zero-order valence-electron chi connectivity index (χ0n) is 12.3. The minimum Gasteiger partial charge on any atom is -0.420 e. The molecule has 0 bridgehead atoms. The quantitative estimate of drug-likeness (QED) is 0.572. The van der Waals surface area contributed by atoms with Crippen LogP contribution in [0, 0.1) is 13.8 Å². The Morgan fingerprint density at radius 1 is 1.05 bits per heavy atom. The zero-order chi connectivity index (χ0) is 15.5. The highest BCUT2D eigenvalue weighted by atomic mass is 79.9. The van der Waals surface area contributed by atoms with Crippen molar-refractivity contribution in [2.45, 2.75) is 24.5 Å². The van der Waals surface area contributed by atoms with Crippen molar-refractivity contribution in [1.29, 1.82) is 0 Å². The van der Waals surface area contributed by atoms with Gasteiger partial charge in [0.1, 0.15) is 0 Å². The van der Waals surface area contributed by atoms with Gasteiger partial charge in [-0.2, -0.15) is 0 Å². The van der Waals surface area contributed by atoms with Crippen molar-refractivity contribution in [2.24, 2.45) is 0 Å². The summed E-state index contributed by atoms with van der Waals surface area (Å²) in [4.78, 5) is 1.24. The van der Waals surface area contributed by atoms with Gasteiger partial charge in [-0.05, 0) is 49.7 Å². The van der Waals surface area contributed by atoms with Crippen LogP contribution in [-0.2, 0) is 5.75 Å². The molecule has 0 aliphatic heterocycles. The second-order valence-electron chi connectivity index (χ2n) is 5.07. The van der Waals surface area contributed by atoms with Crippen molar-refractivity contribution in [2.75, 3.05) is 0 Å². The molecular weight excluding hydrogens is 360 g/mol. The topological polar surface area (TPSA) is 38.9 Å². The third-order valence-electron chi connectivity index (χ3n) is 3.24. The van der Waals surface area contributed by atoms with Gasteiger partial charge in [0.25, 0.3) is 0 Å². The average Bonchev–Trinajstić information content (AvgIpc) is 2.96. The lowest BCUT2D eigenvalue weighted by molar-refractivity contribution is 0.528. The van der Waals surface area contributed by atoms with E-state index in [0.29, 0.717) is 17.5 Å². The Morgan fingerprint density at radius 2 is 1.82 bits per heavy atom. The highest BCUT2D eigenvalue weighted by Crippen LogP contribution is 2.27. The van der Waals surface area contributed by atoms with Crippen LogP contribution in [0.15, 0.2) is 56.2 Å². The Kier molecular flexibility index (Phi) is 4.64. The van der Waals surface area contributed by atoms with E-state index in [1.807, 2.05) is 24.3 Å². The zero-order valence-corrected chi connectivity index (χ0v) is 14.7. The van der Waals surface area contributed by atoms with Crippen molar-refractivity contribution >= 4 is 27.7 Å². The lowest BCUT2D eigenvalue weighted by Crippen LogP contribution is -1.84. The van der Waals surface area contributed by atoms with Gasteiger partial charge in [0.05, 0.1) is 5.75 Å². The van der Waals surface area contributed by atoms with Gasteiger partial charge >= 0.3 is 0 Å². The highest BCUT2D eigenvalue weighted by Gasteiger charge is 2.09. The number of rotatable bonds is 4. The predicted molar refractivity (Wildman–Crippen MR) is 92.9 cm³/mol. The van der Waals surface area contributed by atoms with E-state index in [0.717, 1.165) is 10.0 Å². The summed E-state index contributed by atoms with van der Waals surface area (Å²) in [7, 11) is 0. The van der Waals surface area contributed by atoms with Gasteiger partial charge in [0.2, 0.25) is 11.8 Å². The Bertz CT molecular complexity index is 784. The highest BCUT2D eigenvalue weighted by molar-refractivity contribution is 9.10. The normalized spacial score (nSPS) is 10.9. The number of aromatic nitrogens is 2. The first kappa shape index (κ1) is 15.3. The molecule has 0 aliphatic rings. The number of hydrogen-bond acceptors (Lipinski definition) is 4. The summed E-state index contributed by atoms with van der Waals surface area (Å²) < 4.78 is 6.77. The fraction of sp³-hybridized carbons (Fsp3) is 0.176. The second-order valence-corrected chi connectivity index (χ2v) is 7.00. The summed E-state index contributed by atoms with van der Waals surface area (Å²) in [5.74, 6) is 1.87. The molecule has 0 saturated carbocycles. The van der Waals surface area contributed by atoms with Gasteiger partial charge in [-0.1, -0.05) is 33.6 Å². The molecule has 112 valence electrons. The molecule has 0 N–H and O–H groups in total. The molecule has 0 radical (unpaired) electrons. The van der Waals surface area contributed by atoms with E-state index in [4.69, 9.17) is 4.42 Å². The summed E-state index contributed by atoms with van der Waals surface area (Å²) in [6.07, 6.45) is 0. The summed E-state index contributed by atoms with van der Waals surface area (Å²) >= 11 is 5.13. The van der Waals surface area contributed by atoms with E-state index in [1.165, 1.54) is 16.0 Å². The number of halogens is 1. The van der Waals surface area contributed by atoms with Crippen molar-refractivity contribution < 1.29 is 4.42 Å². The molecule has 0 unspecified atom stereocenters. The maximum Gasteiger partial charge on any atom is 0.247 e. The molecular formula is C17H15BrN2OS. The van der Waals surface area contributed by atoms with Gasteiger partial charge < -0.3 is 4.42 Å². The maximum atomic E-state index is 5.74. The Balaban J connectivity index is 1.70. The molecule has 3 nitrogen and oxygen atoms in total. The van der Waals surface area contributed by atoms with Crippen LogP contribution in [0.25, 0.3) is 11.5 Å². The first-order valence-corrected chi connectivity index (χ1v) is 8.68. The Labute approximate surface area is 142 Å². The number of aryl methyl sites for hydroxylation is 2. The lowest BCUT2D eigenvalue weighted by atomic mass is 10.2. The molecule has 0 amide bonds. The minimum atomic E-state index is 0.559. The Morgan fingerprint density at radius 3 is 2.55 bits per heavy atom. The summed E-state index contributed by atoms with van der Waals surface area (Å²) in [6.45, 7) is 4.22. The van der Waals surface area contributed by atoms with E-state index in [1.54, 1.807) is 11.8 Å². The van der Waals surface area contributed by atoms with Crippen LogP contribution in [0.1, 0.15) is 17.0 Å². The van der Waals surface area contributed by atoms with Crippen molar-refractivity contribution in [3.63, 3.8) is 0 Å². The standard InChI is InChI=1S/C17H15BrN2OS/c1-11-3-8-15(12(2)9-11)22-10-16-19-20-17(21-16)13-4-6-14(18)7-5-13/h3-9H,10H2,1-2H3. The molecule has 0 atom stereocenters. The summed E-state index contributed by atoms with van der Waals surface area (Å²) in [6, 6.07) is 14.3. The van der Waals surface area contributed by atoms with E-state index >= 15 is 0 Å². The monoisotopic (exact) mass is 374 g/mol. The molecule has 0 saturated heterocycles. The van der Waals surface area contributed by atoms with Gasteiger partial charge in [-0.3, -0.25) is 0 Å². The summed E-state index contributed by atoms with van der Waals surface area (Å²) in [5, 5.41) is 8.25. The molecule has 3 aromatic rings. The fourth-order valence-electron chi connectivity index (χ4n) is 2.12. The maximum absolute atomic E-state index is 5.74. The SMILES string of the molecule is Cc1ccc(SCc2nnc(-c3ccc(Br)cc3)o2)c(C)c1. The van der Waals surface area contributed by atoms with Gasteiger partial charge in [0.15, 0.2) is 0 Å². The van der Waals surface area contributed by atoms with E-state index in [9.17, 15) is 0 Å². The Hall–Kier alpha value is -1.59. The molecule has 1 aromatic heterocycles. The first-order chi connectivity index (χ1) is 10.6. The van der Waals surface area contributed by atoms with Crippen LogP contribution < -0.4 is 0 Å². The molecule has 0 aliphatic carbocycles. The number of thioether (sulfide) groups is 1. The van der Waals surface area contributed by atoms with Gasteiger partial charge in [0, 0.05) is 14.9 Å². The number of hydrogen-bond donors (Lipinski definition) is 0. The molecule has 5 heteroatoms. The average molecular weight is 375 g/mol. The largest absolute Gasteiger partial charge is 0.420 e. The molecule has 0 spiro atoms. The van der Waals surface area contributed by atoms with Crippen LogP contribution in [0.4, 0.5) is 0 Å². The van der Waals surface area contributed by atoms with Crippen LogP contribution in [-0.4, -0.2) is 10.2 Å². The fourth-order valence-corrected chi connectivity index (χ4v) is 3.23. The van der Waals surface area contributed by atoms with Crippen LogP contribution in [0.3, 0.4) is 0 Å².